The third-order valence-electron chi connectivity index (χ3n) is 3.11. The van der Waals surface area contributed by atoms with Crippen molar-refractivity contribution in [2.45, 2.75) is 18.9 Å². The maximum Gasteiger partial charge on any atom is 0.163 e. The Morgan fingerprint density at radius 1 is 1.24 bits per heavy atom. The second-order valence-electron chi connectivity index (χ2n) is 4.12. The van der Waals surface area contributed by atoms with Crippen molar-refractivity contribution in [1.29, 1.82) is 0 Å². The van der Waals surface area contributed by atoms with Gasteiger partial charge in [0.25, 0.3) is 0 Å². The molecular weight excluding hydrogens is 248 g/mol. The van der Waals surface area contributed by atoms with Crippen LogP contribution >= 0.6 is 12.4 Å². The Bertz CT molecular complexity index is 370. The van der Waals surface area contributed by atoms with Crippen LogP contribution in [-0.2, 0) is 4.74 Å². The van der Waals surface area contributed by atoms with E-state index in [0.717, 1.165) is 18.9 Å². The SMILES string of the molecule is Cl.N[C@H](c1cccc(F)c1F)C1CCOCC1. The molecule has 1 aliphatic rings. The molecule has 2 rings (SSSR count). The van der Waals surface area contributed by atoms with Crippen LogP contribution in [-0.4, -0.2) is 13.2 Å². The van der Waals surface area contributed by atoms with Crippen LogP contribution in [0.5, 0.6) is 0 Å². The fourth-order valence-electron chi connectivity index (χ4n) is 2.11. The minimum atomic E-state index is -0.833. The highest BCUT2D eigenvalue weighted by Gasteiger charge is 2.25. The van der Waals surface area contributed by atoms with Crippen molar-refractivity contribution in [3.63, 3.8) is 0 Å². The number of hydrogen-bond donors (Lipinski definition) is 1. The van der Waals surface area contributed by atoms with Crippen molar-refractivity contribution in [2.24, 2.45) is 11.7 Å². The van der Waals surface area contributed by atoms with Gasteiger partial charge in [0, 0.05) is 24.8 Å². The molecular formula is C12H16ClF2NO. The maximum atomic E-state index is 13.5. The fraction of sp³-hybridized carbons (Fsp3) is 0.500. The van der Waals surface area contributed by atoms with Crippen LogP contribution < -0.4 is 5.73 Å². The first-order valence-corrected chi connectivity index (χ1v) is 5.47. The van der Waals surface area contributed by atoms with E-state index in [0.29, 0.717) is 13.2 Å². The third-order valence-corrected chi connectivity index (χ3v) is 3.11. The molecule has 1 aromatic rings. The van der Waals surface area contributed by atoms with Crippen molar-refractivity contribution in [1.82, 2.24) is 0 Å². The van der Waals surface area contributed by atoms with Crippen molar-refractivity contribution in [3.05, 3.63) is 35.4 Å². The topological polar surface area (TPSA) is 35.2 Å². The van der Waals surface area contributed by atoms with Gasteiger partial charge in [-0.15, -0.1) is 12.4 Å². The van der Waals surface area contributed by atoms with Crippen LogP contribution in [0, 0.1) is 17.6 Å². The number of ether oxygens (including phenoxy) is 1. The van der Waals surface area contributed by atoms with Gasteiger partial charge >= 0.3 is 0 Å². The Morgan fingerprint density at radius 2 is 1.88 bits per heavy atom. The van der Waals surface area contributed by atoms with Crippen molar-refractivity contribution < 1.29 is 13.5 Å². The van der Waals surface area contributed by atoms with E-state index >= 15 is 0 Å². The van der Waals surface area contributed by atoms with Gasteiger partial charge in [-0.2, -0.15) is 0 Å². The van der Waals surface area contributed by atoms with Crippen molar-refractivity contribution in [3.8, 4) is 0 Å². The molecule has 0 unspecified atom stereocenters. The van der Waals surface area contributed by atoms with Crippen molar-refractivity contribution in [2.75, 3.05) is 13.2 Å². The third kappa shape index (κ3) is 3.15. The molecule has 0 spiro atoms. The molecule has 1 fully saturated rings. The molecule has 2 nitrogen and oxygen atoms in total. The molecule has 0 bridgehead atoms. The van der Waals surface area contributed by atoms with Gasteiger partial charge in [-0.25, -0.2) is 8.78 Å². The van der Waals surface area contributed by atoms with Crippen LogP contribution in [0.15, 0.2) is 18.2 Å². The van der Waals surface area contributed by atoms with Gasteiger partial charge in [0.05, 0.1) is 0 Å². The lowest BCUT2D eigenvalue weighted by Crippen LogP contribution is -2.28. The minimum absolute atomic E-state index is 0. The zero-order chi connectivity index (χ0) is 11.5. The van der Waals surface area contributed by atoms with E-state index in [1.807, 2.05) is 0 Å². The molecule has 2 N–H and O–H groups in total. The second kappa shape index (κ2) is 6.28. The van der Waals surface area contributed by atoms with E-state index in [2.05, 4.69) is 0 Å². The Labute approximate surface area is 106 Å². The number of benzene rings is 1. The van der Waals surface area contributed by atoms with Gasteiger partial charge in [0.2, 0.25) is 0 Å². The number of nitrogens with two attached hydrogens (primary N) is 1. The summed E-state index contributed by atoms with van der Waals surface area (Å²) in [5, 5.41) is 0. The largest absolute Gasteiger partial charge is 0.381 e. The molecule has 0 aliphatic carbocycles. The van der Waals surface area contributed by atoms with Crippen LogP contribution in [0.1, 0.15) is 24.4 Å². The van der Waals surface area contributed by atoms with Gasteiger partial charge in [-0.1, -0.05) is 12.1 Å². The van der Waals surface area contributed by atoms with E-state index in [1.54, 1.807) is 6.07 Å². The molecule has 1 heterocycles. The van der Waals surface area contributed by atoms with E-state index in [-0.39, 0.29) is 23.9 Å². The summed E-state index contributed by atoms with van der Waals surface area (Å²) in [6.45, 7) is 1.30. The molecule has 1 aliphatic heterocycles. The van der Waals surface area contributed by atoms with Crippen molar-refractivity contribution >= 4 is 12.4 Å². The molecule has 0 saturated carbocycles. The first-order chi connectivity index (χ1) is 7.70. The van der Waals surface area contributed by atoms with Gasteiger partial charge in [0.15, 0.2) is 11.6 Å². The average molecular weight is 264 g/mol. The zero-order valence-electron chi connectivity index (χ0n) is 9.36. The van der Waals surface area contributed by atoms with E-state index in [1.165, 1.54) is 6.07 Å². The quantitative estimate of drug-likeness (QED) is 0.891. The minimum Gasteiger partial charge on any atom is -0.381 e. The Kier molecular flexibility index (Phi) is 5.31. The summed E-state index contributed by atoms with van der Waals surface area (Å²) in [5.74, 6) is -1.48. The highest BCUT2D eigenvalue weighted by atomic mass is 35.5. The lowest BCUT2D eigenvalue weighted by Gasteiger charge is -2.28. The summed E-state index contributed by atoms with van der Waals surface area (Å²) in [7, 11) is 0. The summed E-state index contributed by atoms with van der Waals surface area (Å²) in [6, 6.07) is 3.71. The monoisotopic (exact) mass is 263 g/mol. The Morgan fingerprint density at radius 3 is 2.53 bits per heavy atom. The maximum absolute atomic E-state index is 13.5. The van der Waals surface area contributed by atoms with E-state index in [9.17, 15) is 8.78 Å². The second-order valence-corrected chi connectivity index (χ2v) is 4.12. The number of rotatable bonds is 2. The van der Waals surface area contributed by atoms with E-state index in [4.69, 9.17) is 10.5 Å². The fourth-order valence-corrected chi connectivity index (χ4v) is 2.11. The zero-order valence-corrected chi connectivity index (χ0v) is 10.2. The normalized spacial score (nSPS) is 18.5. The Balaban J connectivity index is 0.00000144. The average Bonchev–Trinajstić information content (AvgIpc) is 2.33. The summed E-state index contributed by atoms with van der Waals surface area (Å²) < 4.78 is 31.8. The molecule has 1 saturated heterocycles. The lowest BCUT2D eigenvalue weighted by molar-refractivity contribution is 0.0579. The lowest BCUT2D eigenvalue weighted by atomic mass is 9.87. The molecule has 1 aromatic carbocycles. The number of hydrogen-bond acceptors (Lipinski definition) is 2. The molecule has 0 radical (unpaired) electrons. The highest BCUT2D eigenvalue weighted by molar-refractivity contribution is 5.85. The summed E-state index contributed by atoms with van der Waals surface area (Å²) >= 11 is 0. The molecule has 5 heteroatoms. The summed E-state index contributed by atoms with van der Waals surface area (Å²) in [6.07, 6.45) is 1.61. The summed E-state index contributed by atoms with van der Waals surface area (Å²) in [5.41, 5.74) is 6.25. The molecule has 0 amide bonds. The molecule has 17 heavy (non-hydrogen) atoms. The van der Waals surface area contributed by atoms with Crippen LogP contribution in [0.3, 0.4) is 0 Å². The van der Waals surface area contributed by atoms with Gasteiger partial charge in [-0.3, -0.25) is 0 Å². The van der Waals surface area contributed by atoms with Gasteiger partial charge in [-0.05, 0) is 24.8 Å². The summed E-state index contributed by atoms with van der Waals surface area (Å²) in [4.78, 5) is 0. The Hall–Kier alpha value is -0.710. The molecule has 0 aromatic heterocycles. The smallest absolute Gasteiger partial charge is 0.163 e. The van der Waals surface area contributed by atoms with E-state index < -0.39 is 17.7 Å². The van der Waals surface area contributed by atoms with Gasteiger partial charge in [0.1, 0.15) is 0 Å². The predicted octanol–water partition coefficient (Wildman–Crippen LogP) is 2.81. The predicted molar refractivity (Wildman–Crippen MR) is 64.1 cm³/mol. The molecule has 1 atom stereocenters. The first-order valence-electron chi connectivity index (χ1n) is 5.47. The highest BCUT2D eigenvalue weighted by Crippen LogP contribution is 2.29. The molecule has 96 valence electrons. The number of halogens is 3. The van der Waals surface area contributed by atoms with Crippen LogP contribution in [0.2, 0.25) is 0 Å². The van der Waals surface area contributed by atoms with Crippen LogP contribution in [0.25, 0.3) is 0 Å². The van der Waals surface area contributed by atoms with Gasteiger partial charge < -0.3 is 10.5 Å². The van der Waals surface area contributed by atoms with Crippen LogP contribution in [0.4, 0.5) is 8.78 Å². The standard InChI is InChI=1S/C12H15F2NO.ClH/c13-10-3-1-2-9(11(10)14)12(15)8-4-6-16-7-5-8;/h1-3,8,12H,4-7,15H2;1H/t12-;/m0./s1. The first kappa shape index (κ1) is 14.4.